The Labute approximate surface area is 163 Å². The molecule has 0 bridgehead atoms. The quantitative estimate of drug-likeness (QED) is 0.714. The van der Waals surface area contributed by atoms with Crippen LogP contribution in [0.5, 0.6) is 0 Å². The van der Waals surface area contributed by atoms with Crippen molar-refractivity contribution in [3.05, 3.63) is 65.5 Å². The predicted octanol–water partition coefficient (Wildman–Crippen LogP) is 3.13. The van der Waals surface area contributed by atoms with E-state index < -0.39 is 0 Å². The fourth-order valence-electron chi connectivity index (χ4n) is 3.50. The third-order valence-electron chi connectivity index (χ3n) is 5.09. The van der Waals surface area contributed by atoms with Gasteiger partial charge < -0.3 is 14.8 Å². The van der Waals surface area contributed by atoms with Gasteiger partial charge in [-0.3, -0.25) is 9.59 Å². The summed E-state index contributed by atoms with van der Waals surface area (Å²) >= 11 is 0. The number of likely N-dealkylation sites (N-methyl/N-ethyl adjacent to an activating group) is 1. The van der Waals surface area contributed by atoms with E-state index in [0.717, 1.165) is 27.6 Å². The lowest BCUT2D eigenvalue weighted by Crippen LogP contribution is -2.24. The van der Waals surface area contributed by atoms with Crippen LogP contribution in [-0.2, 0) is 29.6 Å². The lowest BCUT2D eigenvalue weighted by Gasteiger charge is -2.17. The molecule has 2 amide bonds. The third kappa shape index (κ3) is 3.53. The Morgan fingerprint density at radius 2 is 2.18 bits per heavy atom. The number of amides is 2. The zero-order valence-corrected chi connectivity index (χ0v) is 16.0. The fraction of sp³-hybridized carbons (Fsp3) is 0.227. The molecule has 3 heterocycles. The number of aryl methyl sites for hydroxylation is 2. The molecule has 0 saturated heterocycles. The lowest BCUT2D eigenvalue weighted by atomic mass is 10.0. The molecule has 4 rings (SSSR count). The minimum absolute atomic E-state index is 0.00599. The molecule has 0 saturated carbocycles. The second-order valence-corrected chi connectivity index (χ2v) is 7.13. The second-order valence-electron chi connectivity index (χ2n) is 7.13. The van der Waals surface area contributed by atoms with E-state index in [2.05, 4.69) is 33.1 Å². The molecule has 2 aromatic heterocycles. The molecule has 1 aliphatic heterocycles. The first-order chi connectivity index (χ1) is 13.5. The van der Waals surface area contributed by atoms with Gasteiger partial charge in [0.25, 0.3) is 0 Å². The topological polar surface area (TPSA) is 67.2 Å². The number of hydrogen-bond donors (Lipinski definition) is 1. The second kappa shape index (κ2) is 7.31. The van der Waals surface area contributed by atoms with Gasteiger partial charge in [0.05, 0.1) is 0 Å². The summed E-state index contributed by atoms with van der Waals surface area (Å²) in [5, 5.41) is 3.92. The van der Waals surface area contributed by atoms with Crippen LogP contribution in [0.2, 0.25) is 0 Å². The maximum absolute atomic E-state index is 12.6. The van der Waals surface area contributed by atoms with Crippen LogP contribution in [0.1, 0.15) is 23.1 Å². The van der Waals surface area contributed by atoms with Gasteiger partial charge in [-0.2, -0.15) is 0 Å². The van der Waals surface area contributed by atoms with E-state index in [-0.39, 0.29) is 11.8 Å². The van der Waals surface area contributed by atoms with Gasteiger partial charge in [-0.05, 0) is 47.4 Å². The third-order valence-corrected chi connectivity index (χ3v) is 5.09. The van der Waals surface area contributed by atoms with Crippen molar-refractivity contribution in [2.24, 2.45) is 7.05 Å². The summed E-state index contributed by atoms with van der Waals surface area (Å²) in [7, 11) is 3.82. The SMILES string of the molecule is CN(Cc1cccc2c1ccn2C)C(=O)/C=C/c1cnc2c(c1)CCC(=O)N2. The lowest BCUT2D eigenvalue weighted by molar-refractivity contribution is -0.125. The minimum Gasteiger partial charge on any atom is -0.351 e. The molecule has 0 unspecified atom stereocenters. The summed E-state index contributed by atoms with van der Waals surface area (Å²) < 4.78 is 2.08. The summed E-state index contributed by atoms with van der Waals surface area (Å²) in [5.74, 6) is 0.542. The minimum atomic E-state index is -0.0704. The molecule has 1 N–H and O–H groups in total. The Morgan fingerprint density at radius 1 is 1.32 bits per heavy atom. The number of anilines is 1. The molecule has 0 atom stereocenters. The summed E-state index contributed by atoms with van der Waals surface area (Å²) in [6, 6.07) is 10.2. The van der Waals surface area contributed by atoms with Gasteiger partial charge in [0.2, 0.25) is 11.8 Å². The number of aromatic nitrogens is 2. The van der Waals surface area contributed by atoms with Crippen LogP contribution < -0.4 is 5.32 Å². The Bertz CT molecular complexity index is 1100. The van der Waals surface area contributed by atoms with Crippen molar-refractivity contribution in [3.63, 3.8) is 0 Å². The number of nitrogens with one attached hydrogen (secondary N) is 1. The van der Waals surface area contributed by atoms with E-state index in [9.17, 15) is 9.59 Å². The van der Waals surface area contributed by atoms with Gasteiger partial charge in [-0.15, -0.1) is 0 Å². The highest BCUT2D eigenvalue weighted by Crippen LogP contribution is 2.22. The summed E-state index contributed by atoms with van der Waals surface area (Å²) in [6.07, 6.45) is 8.17. The summed E-state index contributed by atoms with van der Waals surface area (Å²) in [4.78, 5) is 30.0. The van der Waals surface area contributed by atoms with Crippen LogP contribution in [0.3, 0.4) is 0 Å². The molecule has 6 heteroatoms. The number of carbonyl (C=O) groups excluding carboxylic acids is 2. The van der Waals surface area contributed by atoms with Crippen molar-refractivity contribution in [2.75, 3.05) is 12.4 Å². The molecule has 1 aliphatic rings. The molecule has 3 aromatic rings. The molecule has 28 heavy (non-hydrogen) atoms. The normalized spacial score (nSPS) is 13.6. The molecule has 6 nitrogen and oxygen atoms in total. The average Bonchev–Trinajstić information content (AvgIpc) is 3.08. The number of carbonyl (C=O) groups is 2. The number of nitrogens with zero attached hydrogens (tertiary/aromatic N) is 3. The Balaban J connectivity index is 1.46. The van der Waals surface area contributed by atoms with Gasteiger partial charge in [-0.25, -0.2) is 4.98 Å². The molecular formula is C22H22N4O2. The molecule has 0 radical (unpaired) electrons. The number of benzene rings is 1. The van der Waals surface area contributed by atoms with Crippen molar-refractivity contribution in [3.8, 4) is 0 Å². The van der Waals surface area contributed by atoms with Crippen LogP contribution in [0.4, 0.5) is 5.82 Å². The van der Waals surface area contributed by atoms with Gasteiger partial charge in [0.1, 0.15) is 5.82 Å². The highest BCUT2D eigenvalue weighted by Gasteiger charge is 2.16. The Hall–Kier alpha value is -3.41. The van der Waals surface area contributed by atoms with Crippen LogP contribution in [0.25, 0.3) is 17.0 Å². The number of pyridine rings is 1. The van der Waals surface area contributed by atoms with E-state index in [1.54, 1.807) is 30.3 Å². The van der Waals surface area contributed by atoms with Crippen molar-refractivity contribution in [1.82, 2.24) is 14.5 Å². The summed E-state index contributed by atoms with van der Waals surface area (Å²) in [5.41, 5.74) is 4.12. The van der Waals surface area contributed by atoms with E-state index in [1.807, 2.05) is 25.4 Å². The van der Waals surface area contributed by atoms with Gasteiger partial charge in [0, 0.05) is 56.4 Å². The van der Waals surface area contributed by atoms with Crippen LogP contribution in [-0.4, -0.2) is 33.3 Å². The maximum atomic E-state index is 12.6. The van der Waals surface area contributed by atoms with Crippen LogP contribution >= 0.6 is 0 Å². The van der Waals surface area contributed by atoms with E-state index in [4.69, 9.17) is 0 Å². The first-order valence-corrected chi connectivity index (χ1v) is 9.26. The van der Waals surface area contributed by atoms with Gasteiger partial charge in [0.15, 0.2) is 0 Å². The zero-order valence-electron chi connectivity index (χ0n) is 16.0. The van der Waals surface area contributed by atoms with Crippen molar-refractivity contribution in [2.45, 2.75) is 19.4 Å². The largest absolute Gasteiger partial charge is 0.351 e. The number of fused-ring (bicyclic) bond motifs is 2. The molecular weight excluding hydrogens is 352 g/mol. The first-order valence-electron chi connectivity index (χ1n) is 9.26. The van der Waals surface area contributed by atoms with Crippen molar-refractivity contribution >= 4 is 34.6 Å². The maximum Gasteiger partial charge on any atom is 0.246 e. The van der Waals surface area contributed by atoms with E-state index >= 15 is 0 Å². The first kappa shape index (κ1) is 18.0. The van der Waals surface area contributed by atoms with Gasteiger partial charge >= 0.3 is 0 Å². The fourth-order valence-corrected chi connectivity index (χ4v) is 3.50. The Kier molecular flexibility index (Phi) is 4.69. The monoisotopic (exact) mass is 374 g/mol. The smallest absolute Gasteiger partial charge is 0.246 e. The highest BCUT2D eigenvalue weighted by atomic mass is 16.2. The number of hydrogen-bond acceptors (Lipinski definition) is 3. The molecule has 142 valence electrons. The molecule has 0 spiro atoms. The average molecular weight is 374 g/mol. The van der Waals surface area contributed by atoms with Crippen molar-refractivity contribution < 1.29 is 9.59 Å². The Morgan fingerprint density at radius 3 is 3.04 bits per heavy atom. The van der Waals surface area contributed by atoms with Crippen LogP contribution in [0, 0.1) is 0 Å². The van der Waals surface area contributed by atoms with Crippen LogP contribution in [0.15, 0.2) is 48.8 Å². The molecule has 0 fully saturated rings. The zero-order chi connectivity index (χ0) is 19.7. The van der Waals surface area contributed by atoms with E-state index in [0.29, 0.717) is 25.2 Å². The van der Waals surface area contributed by atoms with E-state index in [1.165, 1.54) is 0 Å². The highest BCUT2D eigenvalue weighted by molar-refractivity contribution is 5.94. The van der Waals surface area contributed by atoms with Gasteiger partial charge in [-0.1, -0.05) is 12.1 Å². The molecule has 0 aliphatic carbocycles. The summed E-state index contributed by atoms with van der Waals surface area (Å²) in [6.45, 7) is 0.541. The predicted molar refractivity (Wildman–Crippen MR) is 110 cm³/mol. The number of rotatable bonds is 4. The molecule has 1 aromatic carbocycles. The van der Waals surface area contributed by atoms with Crippen molar-refractivity contribution in [1.29, 1.82) is 0 Å². The standard InChI is InChI=1S/C22H22N4O2/c1-25-11-10-18-17(4-3-5-19(18)25)14-26(2)21(28)9-6-15-12-16-7-8-20(27)24-22(16)23-13-15/h3-6,9-13H,7-8,14H2,1-2H3,(H,23,24,27)/b9-6+.